The molecule has 0 unspecified atom stereocenters. The molecule has 0 atom stereocenters. The van der Waals surface area contributed by atoms with Crippen molar-refractivity contribution in [3.05, 3.63) is 94.5 Å². The largest absolute Gasteiger partial charge is 0.489 e. The minimum atomic E-state index is -0.881. The number of hydrazone groups is 1. The van der Waals surface area contributed by atoms with Crippen LogP contribution in [0.15, 0.2) is 77.9 Å². The van der Waals surface area contributed by atoms with Crippen LogP contribution in [0.25, 0.3) is 0 Å². The van der Waals surface area contributed by atoms with Gasteiger partial charge in [0, 0.05) is 10.7 Å². The van der Waals surface area contributed by atoms with Crippen molar-refractivity contribution in [1.29, 1.82) is 0 Å². The van der Waals surface area contributed by atoms with Crippen molar-refractivity contribution in [3.63, 3.8) is 0 Å². The molecule has 2 amide bonds. The van der Waals surface area contributed by atoms with E-state index < -0.39 is 11.8 Å². The van der Waals surface area contributed by atoms with E-state index in [9.17, 15) is 9.59 Å². The Morgan fingerprint density at radius 3 is 2.47 bits per heavy atom. The molecule has 0 saturated heterocycles. The lowest BCUT2D eigenvalue weighted by Crippen LogP contribution is -2.32. The number of benzene rings is 3. The Kier molecular flexibility index (Phi) is 7.19. The number of nitrogens with one attached hydrogen (secondary N) is 2. The fourth-order valence-corrected chi connectivity index (χ4v) is 2.69. The molecule has 152 valence electrons. The van der Waals surface area contributed by atoms with Gasteiger partial charge in [-0.2, -0.15) is 5.10 Å². The summed E-state index contributed by atoms with van der Waals surface area (Å²) in [6, 6.07) is 22.1. The minimum absolute atomic E-state index is 0.463. The number of halogens is 1. The van der Waals surface area contributed by atoms with Gasteiger partial charge < -0.3 is 10.1 Å². The maximum absolute atomic E-state index is 12.0. The number of nitrogens with zero attached hydrogens (tertiary/aromatic N) is 1. The zero-order valence-electron chi connectivity index (χ0n) is 16.3. The first-order valence-electron chi connectivity index (χ1n) is 9.18. The predicted octanol–water partition coefficient (Wildman–Crippen LogP) is 4.32. The Morgan fingerprint density at radius 2 is 1.73 bits per heavy atom. The molecule has 0 aliphatic carbocycles. The number of aryl methyl sites for hydroxylation is 1. The third-order valence-corrected chi connectivity index (χ3v) is 4.40. The maximum Gasteiger partial charge on any atom is 0.329 e. The van der Waals surface area contributed by atoms with Crippen molar-refractivity contribution in [2.45, 2.75) is 13.5 Å². The van der Waals surface area contributed by atoms with Crippen LogP contribution in [0.3, 0.4) is 0 Å². The van der Waals surface area contributed by atoms with E-state index in [1.54, 1.807) is 49.4 Å². The van der Waals surface area contributed by atoms with Gasteiger partial charge in [0.25, 0.3) is 0 Å². The molecule has 0 aromatic heterocycles. The Labute approximate surface area is 179 Å². The van der Waals surface area contributed by atoms with Crippen molar-refractivity contribution in [1.82, 2.24) is 5.43 Å². The van der Waals surface area contributed by atoms with Gasteiger partial charge in [-0.25, -0.2) is 5.43 Å². The molecule has 3 aromatic carbocycles. The summed E-state index contributed by atoms with van der Waals surface area (Å²) >= 11 is 5.91. The van der Waals surface area contributed by atoms with Gasteiger partial charge >= 0.3 is 11.8 Å². The maximum atomic E-state index is 12.0. The zero-order chi connectivity index (χ0) is 21.3. The van der Waals surface area contributed by atoms with Crippen LogP contribution in [0.4, 0.5) is 5.69 Å². The van der Waals surface area contributed by atoms with Crippen LogP contribution in [-0.2, 0) is 16.2 Å². The quantitative estimate of drug-likeness (QED) is 0.353. The van der Waals surface area contributed by atoms with E-state index in [0.717, 1.165) is 22.4 Å². The molecule has 7 heteroatoms. The van der Waals surface area contributed by atoms with Crippen molar-refractivity contribution < 1.29 is 14.3 Å². The predicted molar refractivity (Wildman–Crippen MR) is 118 cm³/mol. The molecule has 0 heterocycles. The summed E-state index contributed by atoms with van der Waals surface area (Å²) in [5, 5.41) is 6.79. The van der Waals surface area contributed by atoms with Gasteiger partial charge in [0.1, 0.15) is 12.4 Å². The van der Waals surface area contributed by atoms with E-state index in [-0.39, 0.29) is 0 Å². The molecule has 0 aliphatic rings. The van der Waals surface area contributed by atoms with E-state index in [2.05, 4.69) is 15.8 Å². The lowest BCUT2D eigenvalue weighted by atomic mass is 10.2. The summed E-state index contributed by atoms with van der Waals surface area (Å²) in [4.78, 5) is 23.9. The van der Waals surface area contributed by atoms with Crippen LogP contribution in [0.1, 0.15) is 16.7 Å². The lowest BCUT2D eigenvalue weighted by Gasteiger charge is -2.07. The Bertz CT molecular complexity index is 1050. The Hall–Kier alpha value is -3.64. The van der Waals surface area contributed by atoms with Crippen LogP contribution in [-0.4, -0.2) is 18.0 Å². The highest BCUT2D eigenvalue weighted by Crippen LogP contribution is 2.20. The monoisotopic (exact) mass is 421 g/mol. The van der Waals surface area contributed by atoms with Crippen molar-refractivity contribution >= 4 is 35.3 Å². The van der Waals surface area contributed by atoms with Gasteiger partial charge in [0.15, 0.2) is 0 Å². The lowest BCUT2D eigenvalue weighted by molar-refractivity contribution is -0.136. The SMILES string of the molecule is Cc1ccc(Cl)cc1NC(=O)C(=O)N/N=C\c1ccc(OCc2ccccc2)cc1. The van der Waals surface area contributed by atoms with Crippen molar-refractivity contribution in [2.75, 3.05) is 5.32 Å². The van der Waals surface area contributed by atoms with Gasteiger partial charge in [-0.15, -0.1) is 0 Å². The second-order valence-electron chi connectivity index (χ2n) is 6.46. The zero-order valence-corrected chi connectivity index (χ0v) is 17.0. The van der Waals surface area contributed by atoms with E-state index in [1.165, 1.54) is 6.21 Å². The van der Waals surface area contributed by atoms with Crippen molar-refractivity contribution in [3.8, 4) is 5.75 Å². The summed E-state index contributed by atoms with van der Waals surface area (Å²) in [5.74, 6) is -0.994. The number of amides is 2. The third kappa shape index (κ3) is 6.18. The van der Waals surface area contributed by atoms with E-state index in [4.69, 9.17) is 16.3 Å². The highest BCUT2D eigenvalue weighted by molar-refractivity contribution is 6.40. The molecule has 3 aromatic rings. The van der Waals surface area contributed by atoms with E-state index in [1.807, 2.05) is 30.3 Å². The molecular weight excluding hydrogens is 402 g/mol. The highest BCUT2D eigenvalue weighted by atomic mass is 35.5. The number of anilines is 1. The van der Waals surface area contributed by atoms with Gasteiger partial charge in [0.2, 0.25) is 0 Å². The van der Waals surface area contributed by atoms with Crippen LogP contribution < -0.4 is 15.5 Å². The van der Waals surface area contributed by atoms with Gasteiger partial charge in [-0.05, 0) is 60.0 Å². The van der Waals surface area contributed by atoms with Crippen molar-refractivity contribution in [2.24, 2.45) is 5.10 Å². The summed E-state index contributed by atoms with van der Waals surface area (Å²) < 4.78 is 5.72. The average molecular weight is 422 g/mol. The van der Waals surface area contributed by atoms with Crippen LogP contribution in [0, 0.1) is 6.92 Å². The number of hydrogen-bond acceptors (Lipinski definition) is 4. The standard InChI is InChI=1S/C23H20ClN3O3/c1-16-7-10-19(24)13-21(16)26-22(28)23(29)27-25-14-17-8-11-20(12-9-17)30-15-18-5-3-2-4-6-18/h2-14H,15H2,1H3,(H,26,28)(H,27,29)/b25-14-. The van der Waals surface area contributed by atoms with Gasteiger partial charge in [-0.3, -0.25) is 9.59 Å². The number of hydrogen-bond donors (Lipinski definition) is 2. The highest BCUT2D eigenvalue weighted by Gasteiger charge is 2.14. The Balaban J connectivity index is 1.48. The molecule has 0 fully saturated rings. The second kappa shape index (κ2) is 10.2. The normalized spacial score (nSPS) is 10.6. The summed E-state index contributed by atoms with van der Waals surface area (Å²) in [7, 11) is 0. The average Bonchev–Trinajstić information content (AvgIpc) is 2.76. The molecule has 0 aliphatic heterocycles. The topological polar surface area (TPSA) is 79.8 Å². The molecule has 0 spiro atoms. The first-order valence-corrected chi connectivity index (χ1v) is 9.56. The first kappa shape index (κ1) is 21.1. The molecule has 0 radical (unpaired) electrons. The van der Waals surface area contributed by atoms with Crippen LogP contribution in [0.2, 0.25) is 5.02 Å². The number of rotatable bonds is 6. The van der Waals surface area contributed by atoms with E-state index >= 15 is 0 Å². The summed E-state index contributed by atoms with van der Waals surface area (Å²) in [6.07, 6.45) is 1.44. The molecule has 0 saturated carbocycles. The number of ether oxygens (including phenoxy) is 1. The smallest absolute Gasteiger partial charge is 0.329 e. The molecule has 2 N–H and O–H groups in total. The number of carbonyl (C=O) groups excluding carboxylic acids is 2. The summed E-state index contributed by atoms with van der Waals surface area (Å²) in [6.45, 7) is 2.28. The molecular formula is C23H20ClN3O3. The van der Waals surface area contributed by atoms with E-state index in [0.29, 0.717) is 17.3 Å². The first-order chi connectivity index (χ1) is 14.5. The molecule has 6 nitrogen and oxygen atoms in total. The van der Waals surface area contributed by atoms with Crippen LogP contribution >= 0.6 is 11.6 Å². The molecule has 0 bridgehead atoms. The van der Waals surface area contributed by atoms with Crippen LogP contribution in [0.5, 0.6) is 5.75 Å². The van der Waals surface area contributed by atoms with Gasteiger partial charge in [-0.1, -0.05) is 48.0 Å². The third-order valence-electron chi connectivity index (χ3n) is 4.16. The second-order valence-corrected chi connectivity index (χ2v) is 6.89. The fourth-order valence-electron chi connectivity index (χ4n) is 2.52. The minimum Gasteiger partial charge on any atom is -0.489 e. The Morgan fingerprint density at radius 1 is 1.00 bits per heavy atom. The van der Waals surface area contributed by atoms with Gasteiger partial charge in [0.05, 0.1) is 6.21 Å². The molecule has 30 heavy (non-hydrogen) atoms. The number of carbonyl (C=O) groups is 2. The summed E-state index contributed by atoms with van der Waals surface area (Å²) in [5.41, 5.74) is 5.29. The fraction of sp³-hybridized carbons (Fsp3) is 0.0870. The molecule has 3 rings (SSSR count).